The average Bonchev–Trinajstić information content (AvgIpc) is 2.25. The minimum Gasteiger partial charge on any atom is -0.497 e. The maximum Gasteiger partial charge on any atom is 0.119 e. The van der Waals surface area contributed by atoms with Crippen molar-refractivity contribution < 1.29 is 4.74 Å². The first-order chi connectivity index (χ1) is 7.43. The van der Waals surface area contributed by atoms with Gasteiger partial charge in [-0.05, 0) is 36.0 Å². The molecule has 0 aliphatic heterocycles. The van der Waals surface area contributed by atoms with Crippen molar-refractivity contribution in [2.75, 3.05) is 7.11 Å². The summed E-state index contributed by atoms with van der Waals surface area (Å²) < 4.78 is 5.20. The van der Waals surface area contributed by atoms with Gasteiger partial charge in [0.15, 0.2) is 0 Å². The van der Waals surface area contributed by atoms with E-state index >= 15 is 0 Å². The van der Waals surface area contributed by atoms with Crippen LogP contribution in [0.15, 0.2) is 24.3 Å². The first-order valence-corrected chi connectivity index (χ1v) is 6.14. The number of hydrogen-bond acceptors (Lipinski definition) is 1. The van der Waals surface area contributed by atoms with Crippen LogP contribution in [0.5, 0.6) is 5.75 Å². The molecular weight excluding hydrogens is 220 g/mol. The predicted octanol–water partition coefficient (Wildman–Crippen LogP) is 4.28. The van der Waals surface area contributed by atoms with Gasteiger partial charge in [0.1, 0.15) is 5.75 Å². The van der Waals surface area contributed by atoms with Crippen molar-refractivity contribution in [3.63, 3.8) is 0 Å². The minimum absolute atomic E-state index is 0.167. The van der Waals surface area contributed by atoms with E-state index in [0.717, 1.165) is 18.6 Å². The van der Waals surface area contributed by atoms with Gasteiger partial charge >= 0.3 is 0 Å². The van der Waals surface area contributed by atoms with Crippen LogP contribution in [-0.4, -0.2) is 12.5 Å². The second-order valence-electron chi connectivity index (χ2n) is 5.22. The van der Waals surface area contributed by atoms with E-state index in [0.29, 0.717) is 0 Å². The highest BCUT2D eigenvalue weighted by molar-refractivity contribution is 6.21. The molecular formula is C14H21ClO. The Bertz CT molecular complexity index is 328. The van der Waals surface area contributed by atoms with Crippen molar-refractivity contribution in [2.45, 2.75) is 39.0 Å². The average molecular weight is 241 g/mol. The number of methoxy groups -OCH3 is 1. The molecule has 1 unspecified atom stereocenters. The van der Waals surface area contributed by atoms with Crippen LogP contribution in [0, 0.1) is 5.41 Å². The van der Waals surface area contributed by atoms with Gasteiger partial charge in [-0.2, -0.15) is 0 Å². The number of halogens is 1. The summed E-state index contributed by atoms with van der Waals surface area (Å²) in [5, 5.41) is 0.207. The second kappa shape index (κ2) is 5.58. The first kappa shape index (κ1) is 13.4. The van der Waals surface area contributed by atoms with Crippen LogP contribution in [0.1, 0.15) is 32.8 Å². The third-order valence-electron chi connectivity index (χ3n) is 2.76. The third-order valence-corrected chi connectivity index (χ3v) is 3.63. The zero-order chi connectivity index (χ0) is 12.2. The fraction of sp³-hybridized carbons (Fsp3) is 0.571. The Balaban J connectivity index is 2.54. The minimum atomic E-state index is 0.167. The monoisotopic (exact) mass is 240 g/mol. The quantitative estimate of drug-likeness (QED) is 0.714. The van der Waals surface area contributed by atoms with Crippen LogP contribution < -0.4 is 4.74 Å². The lowest BCUT2D eigenvalue weighted by Gasteiger charge is -2.25. The molecule has 0 fully saturated rings. The molecule has 0 spiro atoms. The Hall–Kier alpha value is -0.690. The first-order valence-electron chi connectivity index (χ1n) is 5.70. The van der Waals surface area contributed by atoms with Crippen LogP contribution in [-0.2, 0) is 6.42 Å². The summed E-state index contributed by atoms with van der Waals surface area (Å²) >= 11 is 6.35. The van der Waals surface area contributed by atoms with Crippen molar-refractivity contribution in [3.05, 3.63) is 29.8 Å². The zero-order valence-corrected chi connectivity index (χ0v) is 11.3. The van der Waals surface area contributed by atoms with E-state index in [4.69, 9.17) is 16.3 Å². The van der Waals surface area contributed by atoms with Gasteiger partial charge in [0.25, 0.3) is 0 Å². The Labute approximate surface area is 104 Å². The van der Waals surface area contributed by atoms with Crippen LogP contribution in [0.25, 0.3) is 0 Å². The molecule has 0 aliphatic rings. The van der Waals surface area contributed by atoms with Gasteiger partial charge in [0.05, 0.1) is 7.11 Å². The standard InChI is InChI=1S/C14H21ClO/c1-14(2,3)13(15)9-8-11-6-5-7-12(10-11)16-4/h5-7,10,13H,8-9H2,1-4H3. The molecule has 1 atom stereocenters. The lowest BCUT2D eigenvalue weighted by Crippen LogP contribution is -2.21. The number of hydrogen-bond donors (Lipinski definition) is 0. The van der Waals surface area contributed by atoms with Gasteiger partial charge < -0.3 is 4.74 Å². The highest BCUT2D eigenvalue weighted by atomic mass is 35.5. The lowest BCUT2D eigenvalue weighted by atomic mass is 9.88. The van der Waals surface area contributed by atoms with Gasteiger partial charge in [-0.3, -0.25) is 0 Å². The summed E-state index contributed by atoms with van der Waals surface area (Å²) in [7, 11) is 1.69. The summed E-state index contributed by atoms with van der Waals surface area (Å²) in [4.78, 5) is 0. The van der Waals surface area contributed by atoms with Crippen molar-refractivity contribution in [3.8, 4) is 5.75 Å². The van der Waals surface area contributed by atoms with Gasteiger partial charge in [-0.1, -0.05) is 32.9 Å². The molecule has 16 heavy (non-hydrogen) atoms. The summed E-state index contributed by atoms with van der Waals surface area (Å²) in [5.74, 6) is 0.916. The third kappa shape index (κ3) is 4.05. The van der Waals surface area contributed by atoms with Crippen LogP contribution in [0.2, 0.25) is 0 Å². The van der Waals surface area contributed by atoms with Crippen molar-refractivity contribution in [1.29, 1.82) is 0 Å². The SMILES string of the molecule is COc1cccc(CCC(Cl)C(C)(C)C)c1. The molecule has 0 aliphatic carbocycles. The second-order valence-corrected chi connectivity index (χ2v) is 5.75. The van der Waals surface area contributed by atoms with Gasteiger partial charge in [-0.15, -0.1) is 11.6 Å². The maximum atomic E-state index is 6.35. The fourth-order valence-corrected chi connectivity index (χ4v) is 1.66. The van der Waals surface area contributed by atoms with Gasteiger partial charge in [-0.25, -0.2) is 0 Å². The van der Waals surface area contributed by atoms with E-state index in [1.165, 1.54) is 5.56 Å². The van der Waals surface area contributed by atoms with Crippen molar-refractivity contribution >= 4 is 11.6 Å². The van der Waals surface area contributed by atoms with Gasteiger partial charge in [0.2, 0.25) is 0 Å². The fourth-order valence-electron chi connectivity index (χ4n) is 1.55. The number of rotatable bonds is 4. The van der Waals surface area contributed by atoms with E-state index in [-0.39, 0.29) is 10.8 Å². The highest BCUT2D eigenvalue weighted by Crippen LogP contribution is 2.28. The molecule has 90 valence electrons. The number of benzene rings is 1. The van der Waals surface area contributed by atoms with Crippen LogP contribution in [0.3, 0.4) is 0 Å². The summed E-state index contributed by atoms with van der Waals surface area (Å²) in [6.45, 7) is 6.53. The predicted molar refractivity (Wildman–Crippen MR) is 70.4 cm³/mol. The number of ether oxygens (including phenoxy) is 1. The molecule has 1 aromatic carbocycles. The molecule has 0 aromatic heterocycles. The molecule has 1 rings (SSSR count). The maximum absolute atomic E-state index is 6.35. The van der Waals surface area contributed by atoms with E-state index < -0.39 is 0 Å². The Morgan fingerprint density at radius 1 is 1.31 bits per heavy atom. The van der Waals surface area contributed by atoms with Gasteiger partial charge in [0, 0.05) is 5.38 Å². The molecule has 0 saturated heterocycles. The smallest absolute Gasteiger partial charge is 0.119 e. The molecule has 0 radical (unpaired) electrons. The summed E-state index contributed by atoms with van der Waals surface area (Å²) in [6.07, 6.45) is 2.00. The summed E-state index contributed by atoms with van der Waals surface area (Å²) in [6, 6.07) is 8.18. The number of aryl methyl sites for hydroxylation is 1. The van der Waals surface area contributed by atoms with Crippen molar-refractivity contribution in [2.24, 2.45) is 5.41 Å². The lowest BCUT2D eigenvalue weighted by molar-refractivity contribution is 0.374. The largest absolute Gasteiger partial charge is 0.497 e. The van der Waals surface area contributed by atoms with E-state index in [2.05, 4.69) is 32.9 Å². The van der Waals surface area contributed by atoms with Crippen LogP contribution in [0.4, 0.5) is 0 Å². The number of alkyl halides is 1. The molecule has 0 bridgehead atoms. The molecule has 0 N–H and O–H groups in total. The zero-order valence-electron chi connectivity index (χ0n) is 10.6. The molecule has 2 heteroatoms. The Morgan fingerprint density at radius 3 is 2.56 bits per heavy atom. The van der Waals surface area contributed by atoms with Crippen molar-refractivity contribution in [1.82, 2.24) is 0 Å². The van der Waals surface area contributed by atoms with Crippen LogP contribution >= 0.6 is 11.6 Å². The molecule has 0 heterocycles. The van der Waals surface area contributed by atoms with E-state index in [1.54, 1.807) is 7.11 Å². The normalized spacial score (nSPS) is 13.6. The summed E-state index contributed by atoms with van der Waals surface area (Å²) in [5.41, 5.74) is 1.45. The molecule has 1 nitrogen and oxygen atoms in total. The Morgan fingerprint density at radius 2 is 2.00 bits per heavy atom. The topological polar surface area (TPSA) is 9.23 Å². The van der Waals surface area contributed by atoms with E-state index in [9.17, 15) is 0 Å². The molecule has 1 aromatic rings. The van der Waals surface area contributed by atoms with E-state index in [1.807, 2.05) is 12.1 Å². The molecule has 0 amide bonds. The highest BCUT2D eigenvalue weighted by Gasteiger charge is 2.21. The Kier molecular flexibility index (Phi) is 4.67. The molecule has 0 saturated carbocycles.